The minimum atomic E-state index is -0.797. The first kappa shape index (κ1) is 78.3. The van der Waals surface area contributed by atoms with Crippen LogP contribution in [0.15, 0.2) is 97.2 Å². The summed E-state index contributed by atoms with van der Waals surface area (Å²) < 4.78 is 17.0. The van der Waals surface area contributed by atoms with Crippen LogP contribution in [0.25, 0.3) is 0 Å². The molecule has 6 heteroatoms. The standard InChI is InChI=1S/C76H132O6/c1-4-7-10-13-16-19-22-25-28-30-32-34-36-37-38-39-41-42-44-46-48-51-54-57-60-63-66-69-75(78)81-72-73(71-80-74(77)68-65-62-59-56-53-50-27-24-21-18-15-12-9-6-3)82-76(79)70-67-64-61-58-55-52-49-47-45-43-40-35-33-31-29-26-23-20-17-14-11-8-5-2/h8,11,17,20,24,26-27,29-30,32-33,35,43,45,49,52,73H,4-7,9-10,12-16,18-19,21-23,25,28,31,34,36-42,44,46-48,50-51,53-72H2,1-3H3/b11-8-,20-17-,27-24-,29-26-,32-30-,35-33-,45-43-,52-49-. The molecule has 0 saturated carbocycles. The van der Waals surface area contributed by atoms with E-state index < -0.39 is 6.10 Å². The van der Waals surface area contributed by atoms with Crippen LogP contribution in [0.3, 0.4) is 0 Å². The second kappa shape index (κ2) is 69.8. The number of carbonyl (C=O) groups excluding carboxylic acids is 3. The number of carbonyl (C=O) groups is 3. The first-order valence-electron chi connectivity index (χ1n) is 35.2. The van der Waals surface area contributed by atoms with Gasteiger partial charge in [-0.3, -0.25) is 14.4 Å². The number of allylic oxidation sites excluding steroid dienone is 16. The van der Waals surface area contributed by atoms with Crippen LogP contribution in [0.4, 0.5) is 0 Å². The Morgan fingerprint density at radius 3 is 0.756 bits per heavy atom. The molecule has 0 fully saturated rings. The highest BCUT2D eigenvalue weighted by atomic mass is 16.6. The SMILES string of the molecule is CC/C=C\C/C=C\C/C=C\C/C=C\C/C=C\C/C=C\CCCCCCC(=O)OC(COC(=O)CCCCCCC/C=C\CCCCCCC)COC(=O)CCCCCCCCCCCCCCCCC/C=C\CCCCCCCCCC. The molecule has 0 aliphatic carbocycles. The van der Waals surface area contributed by atoms with Crippen molar-refractivity contribution >= 4 is 17.9 Å². The summed E-state index contributed by atoms with van der Waals surface area (Å²) in [4.78, 5) is 38.4. The Morgan fingerprint density at radius 2 is 0.476 bits per heavy atom. The number of hydrogen-bond acceptors (Lipinski definition) is 6. The van der Waals surface area contributed by atoms with Crippen LogP contribution in [0.5, 0.6) is 0 Å². The smallest absolute Gasteiger partial charge is 0.306 e. The predicted octanol–water partition coefficient (Wildman–Crippen LogP) is 24.4. The van der Waals surface area contributed by atoms with Gasteiger partial charge in [0, 0.05) is 19.3 Å². The molecular formula is C76H132O6. The molecule has 0 aliphatic rings. The number of esters is 3. The second-order valence-electron chi connectivity index (χ2n) is 23.4. The number of hydrogen-bond donors (Lipinski definition) is 0. The molecule has 0 aliphatic heterocycles. The van der Waals surface area contributed by atoms with E-state index in [-0.39, 0.29) is 31.1 Å². The lowest BCUT2D eigenvalue weighted by Gasteiger charge is -2.18. The van der Waals surface area contributed by atoms with Crippen LogP contribution in [-0.2, 0) is 28.6 Å². The van der Waals surface area contributed by atoms with E-state index in [9.17, 15) is 14.4 Å². The third-order valence-electron chi connectivity index (χ3n) is 15.3. The summed E-state index contributed by atoms with van der Waals surface area (Å²) in [6.07, 6.45) is 94.3. The average molecular weight is 1140 g/mol. The number of unbranched alkanes of at least 4 members (excludes halogenated alkanes) is 37. The van der Waals surface area contributed by atoms with Gasteiger partial charge in [0.15, 0.2) is 6.10 Å². The fraction of sp³-hybridized carbons (Fsp3) is 0.750. The lowest BCUT2D eigenvalue weighted by atomic mass is 10.0. The molecule has 0 radical (unpaired) electrons. The summed E-state index contributed by atoms with van der Waals surface area (Å²) in [5, 5.41) is 0. The maximum absolute atomic E-state index is 12.9. The fourth-order valence-electron chi connectivity index (χ4n) is 10.0. The molecule has 0 saturated heterocycles. The van der Waals surface area contributed by atoms with E-state index in [1.807, 2.05) is 0 Å². The Bertz CT molecular complexity index is 1590. The molecule has 0 aromatic carbocycles. The van der Waals surface area contributed by atoms with Crippen LogP contribution in [0, 0.1) is 0 Å². The first-order valence-corrected chi connectivity index (χ1v) is 35.2. The maximum Gasteiger partial charge on any atom is 0.306 e. The van der Waals surface area contributed by atoms with Crippen molar-refractivity contribution in [1.29, 1.82) is 0 Å². The zero-order valence-corrected chi connectivity index (χ0v) is 54.2. The van der Waals surface area contributed by atoms with Gasteiger partial charge in [-0.05, 0) is 122 Å². The Morgan fingerprint density at radius 1 is 0.256 bits per heavy atom. The van der Waals surface area contributed by atoms with Crippen molar-refractivity contribution in [3.63, 3.8) is 0 Å². The van der Waals surface area contributed by atoms with Gasteiger partial charge in [-0.1, -0.05) is 304 Å². The molecule has 0 aromatic rings. The molecule has 0 spiro atoms. The van der Waals surface area contributed by atoms with E-state index in [2.05, 4.69) is 118 Å². The molecular weight excluding hydrogens is 1010 g/mol. The van der Waals surface area contributed by atoms with Crippen LogP contribution >= 0.6 is 0 Å². The van der Waals surface area contributed by atoms with Crippen molar-refractivity contribution < 1.29 is 28.6 Å². The molecule has 82 heavy (non-hydrogen) atoms. The van der Waals surface area contributed by atoms with E-state index >= 15 is 0 Å². The van der Waals surface area contributed by atoms with Gasteiger partial charge in [0.2, 0.25) is 0 Å². The van der Waals surface area contributed by atoms with Crippen molar-refractivity contribution in [3.8, 4) is 0 Å². The first-order chi connectivity index (χ1) is 40.5. The molecule has 0 aromatic heterocycles. The largest absolute Gasteiger partial charge is 0.462 e. The van der Waals surface area contributed by atoms with Crippen molar-refractivity contribution in [1.82, 2.24) is 0 Å². The van der Waals surface area contributed by atoms with Crippen molar-refractivity contribution in [2.75, 3.05) is 13.2 Å². The summed E-state index contributed by atoms with van der Waals surface area (Å²) >= 11 is 0. The van der Waals surface area contributed by atoms with Crippen LogP contribution in [0.1, 0.15) is 348 Å². The van der Waals surface area contributed by atoms with Gasteiger partial charge in [0.25, 0.3) is 0 Å². The van der Waals surface area contributed by atoms with Crippen LogP contribution in [0.2, 0.25) is 0 Å². The summed E-state index contributed by atoms with van der Waals surface area (Å²) in [6, 6.07) is 0. The molecule has 0 N–H and O–H groups in total. The Balaban J connectivity index is 4.34. The Labute approximate surface area is 508 Å². The molecule has 1 unspecified atom stereocenters. The maximum atomic E-state index is 12.9. The normalized spacial score (nSPS) is 12.7. The average Bonchev–Trinajstić information content (AvgIpc) is 3.47. The summed E-state index contributed by atoms with van der Waals surface area (Å²) in [7, 11) is 0. The predicted molar refractivity (Wildman–Crippen MR) is 357 cm³/mol. The van der Waals surface area contributed by atoms with Gasteiger partial charge < -0.3 is 14.2 Å². The van der Waals surface area contributed by atoms with Crippen LogP contribution in [-0.4, -0.2) is 37.2 Å². The van der Waals surface area contributed by atoms with E-state index in [0.717, 1.165) is 116 Å². The summed E-state index contributed by atoms with van der Waals surface area (Å²) in [5.74, 6) is -0.909. The highest BCUT2D eigenvalue weighted by Gasteiger charge is 2.19. The second-order valence-corrected chi connectivity index (χ2v) is 23.4. The zero-order chi connectivity index (χ0) is 59.2. The third-order valence-corrected chi connectivity index (χ3v) is 15.3. The van der Waals surface area contributed by atoms with Gasteiger partial charge in [-0.25, -0.2) is 0 Å². The minimum Gasteiger partial charge on any atom is -0.462 e. The number of ether oxygens (including phenoxy) is 3. The lowest BCUT2D eigenvalue weighted by Crippen LogP contribution is -2.30. The van der Waals surface area contributed by atoms with Crippen molar-refractivity contribution in [2.24, 2.45) is 0 Å². The molecule has 0 heterocycles. The quantitative estimate of drug-likeness (QED) is 0.0261. The van der Waals surface area contributed by atoms with Crippen molar-refractivity contribution in [3.05, 3.63) is 97.2 Å². The fourth-order valence-corrected chi connectivity index (χ4v) is 10.0. The van der Waals surface area contributed by atoms with Gasteiger partial charge in [0.05, 0.1) is 0 Å². The van der Waals surface area contributed by atoms with Gasteiger partial charge in [-0.2, -0.15) is 0 Å². The van der Waals surface area contributed by atoms with E-state index in [4.69, 9.17) is 14.2 Å². The third kappa shape index (κ3) is 67.1. The molecule has 1 atom stereocenters. The Hall–Kier alpha value is -3.67. The highest BCUT2D eigenvalue weighted by molar-refractivity contribution is 5.71. The van der Waals surface area contributed by atoms with E-state index in [1.165, 1.54) is 193 Å². The van der Waals surface area contributed by atoms with Gasteiger partial charge >= 0.3 is 17.9 Å². The van der Waals surface area contributed by atoms with E-state index in [1.54, 1.807) is 0 Å². The molecule has 0 amide bonds. The monoisotopic (exact) mass is 1140 g/mol. The summed E-state index contributed by atoms with van der Waals surface area (Å²) in [5.41, 5.74) is 0. The van der Waals surface area contributed by atoms with Gasteiger partial charge in [0.1, 0.15) is 13.2 Å². The van der Waals surface area contributed by atoms with Gasteiger partial charge in [-0.15, -0.1) is 0 Å². The number of rotatable bonds is 64. The topological polar surface area (TPSA) is 78.9 Å². The highest BCUT2D eigenvalue weighted by Crippen LogP contribution is 2.17. The van der Waals surface area contributed by atoms with Crippen molar-refractivity contribution in [2.45, 2.75) is 354 Å². The minimum absolute atomic E-state index is 0.0889. The van der Waals surface area contributed by atoms with Crippen LogP contribution < -0.4 is 0 Å². The van der Waals surface area contributed by atoms with E-state index in [0.29, 0.717) is 19.3 Å². The Kier molecular flexibility index (Phi) is 66.7. The molecule has 472 valence electrons. The molecule has 6 nitrogen and oxygen atoms in total. The molecule has 0 rings (SSSR count). The zero-order valence-electron chi connectivity index (χ0n) is 54.2. The molecule has 0 bridgehead atoms. The lowest BCUT2D eigenvalue weighted by molar-refractivity contribution is -0.167. The summed E-state index contributed by atoms with van der Waals surface area (Å²) in [6.45, 7) is 6.53.